The van der Waals surface area contributed by atoms with Crippen molar-refractivity contribution in [3.8, 4) is 11.6 Å². The molecule has 0 radical (unpaired) electrons. The Hall–Kier alpha value is -3.71. The summed E-state index contributed by atoms with van der Waals surface area (Å²) in [5.41, 5.74) is 4.38. The molecule has 4 aromatic rings. The molecule has 7 heteroatoms. The third-order valence-electron chi connectivity index (χ3n) is 6.80. The van der Waals surface area contributed by atoms with E-state index < -0.39 is 0 Å². The van der Waals surface area contributed by atoms with Crippen molar-refractivity contribution in [3.63, 3.8) is 0 Å². The van der Waals surface area contributed by atoms with Gasteiger partial charge in [0.1, 0.15) is 5.00 Å². The maximum atomic E-state index is 13.4. The van der Waals surface area contributed by atoms with Crippen molar-refractivity contribution in [1.29, 1.82) is 0 Å². The van der Waals surface area contributed by atoms with Crippen LogP contribution in [0.15, 0.2) is 52.3 Å². The van der Waals surface area contributed by atoms with Gasteiger partial charge < -0.3 is 9.84 Å². The molecule has 0 fully saturated rings. The van der Waals surface area contributed by atoms with E-state index in [0.29, 0.717) is 39.2 Å². The smallest absolute Gasteiger partial charge is 0.341 e. The Morgan fingerprint density at radius 2 is 1.86 bits per heavy atom. The summed E-state index contributed by atoms with van der Waals surface area (Å²) < 4.78 is 6.67. The van der Waals surface area contributed by atoms with Gasteiger partial charge in [-0.25, -0.2) is 14.4 Å². The molecule has 2 aromatic carbocycles. The first-order valence-electron chi connectivity index (χ1n) is 12.2. The van der Waals surface area contributed by atoms with E-state index in [9.17, 15) is 14.7 Å². The van der Waals surface area contributed by atoms with Crippen molar-refractivity contribution in [2.75, 3.05) is 6.61 Å². The molecule has 0 saturated heterocycles. The number of aromatic nitrogens is 1. The van der Waals surface area contributed by atoms with Gasteiger partial charge in [0.15, 0.2) is 0 Å². The van der Waals surface area contributed by atoms with Crippen LogP contribution in [0.4, 0.5) is 5.00 Å². The first-order chi connectivity index (χ1) is 17.4. The molecule has 1 N–H and O–H groups in total. The lowest BCUT2D eigenvalue weighted by molar-refractivity contribution is 0.0526. The number of nitrogens with zero attached hydrogens (tertiary/aromatic N) is 2. The number of thiophene rings is 1. The lowest BCUT2D eigenvalue weighted by Crippen LogP contribution is -2.20. The minimum absolute atomic E-state index is 0.190. The van der Waals surface area contributed by atoms with Crippen molar-refractivity contribution in [3.05, 3.63) is 85.5 Å². The molecule has 0 unspecified atom stereocenters. The monoisotopic (exact) mass is 500 g/mol. The maximum Gasteiger partial charge on any atom is 0.341 e. The van der Waals surface area contributed by atoms with E-state index in [1.165, 1.54) is 20.8 Å². The van der Waals surface area contributed by atoms with Gasteiger partial charge in [-0.15, -0.1) is 11.3 Å². The standard InChI is InChI=1S/C29H28N2O4S/c1-4-35-29(34)25-22-11-7-8-12-24(22)36-26(25)30-16-23-20-9-5-6-10-21(20)27(32)31(28(23)33)19-14-13-17(2)18(3)15-19/h5-6,9-10,13-16,33H,4,7-8,11-12H2,1-3H3/b30-16+. The fourth-order valence-electron chi connectivity index (χ4n) is 4.77. The first-order valence-corrected chi connectivity index (χ1v) is 13.0. The number of hydrogen-bond acceptors (Lipinski definition) is 6. The number of hydrogen-bond donors (Lipinski definition) is 1. The predicted octanol–water partition coefficient (Wildman–Crippen LogP) is 6.18. The highest BCUT2D eigenvalue weighted by Crippen LogP contribution is 2.40. The molecule has 2 aromatic heterocycles. The van der Waals surface area contributed by atoms with Crippen LogP contribution in [0.1, 0.15) is 57.3 Å². The molecule has 184 valence electrons. The van der Waals surface area contributed by atoms with Gasteiger partial charge in [0, 0.05) is 21.9 Å². The van der Waals surface area contributed by atoms with Gasteiger partial charge in [0.2, 0.25) is 5.88 Å². The highest BCUT2D eigenvalue weighted by Gasteiger charge is 2.26. The van der Waals surface area contributed by atoms with Crippen molar-refractivity contribution in [2.45, 2.75) is 46.5 Å². The van der Waals surface area contributed by atoms with Crippen molar-refractivity contribution < 1.29 is 14.6 Å². The molecule has 0 aliphatic heterocycles. The molecule has 1 aliphatic rings. The van der Waals surface area contributed by atoms with Crippen LogP contribution in [0.2, 0.25) is 0 Å². The van der Waals surface area contributed by atoms with Crippen LogP contribution < -0.4 is 5.56 Å². The summed E-state index contributed by atoms with van der Waals surface area (Å²) in [5.74, 6) is -0.553. The Morgan fingerprint density at radius 3 is 2.61 bits per heavy atom. The molecule has 0 atom stereocenters. The van der Waals surface area contributed by atoms with Crippen molar-refractivity contribution in [1.82, 2.24) is 4.57 Å². The lowest BCUT2D eigenvalue weighted by atomic mass is 9.95. The topological polar surface area (TPSA) is 80.9 Å². The quantitative estimate of drug-likeness (QED) is 0.262. The van der Waals surface area contributed by atoms with Crippen molar-refractivity contribution in [2.24, 2.45) is 4.99 Å². The highest BCUT2D eigenvalue weighted by molar-refractivity contribution is 7.16. The maximum absolute atomic E-state index is 13.4. The zero-order valence-electron chi connectivity index (χ0n) is 20.6. The Morgan fingerprint density at radius 1 is 1.11 bits per heavy atom. The van der Waals surface area contributed by atoms with E-state index in [0.717, 1.165) is 42.4 Å². The first kappa shape index (κ1) is 24.0. The second-order valence-corrected chi connectivity index (χ2v) is 10.1. The zero-order chi connectivity index (χ0) is 25.4. The molecule has 1 aliphatic carbocycles. The number of aromatic hydroxyl groups is 1. The van der Waals surface area contributed by atoms with E-state index >= 15 is 0 Å². The van der Waals surface area contributed by atoms with E-state index in [1.54, 1.807) is 31.3 Å². The highest BCUT2D eigenvalue weighted by atomic mass is 32.1. The van der Waals surface area contributed by atoms with E-state index in [4.69, 9.17) is 9.73 Å². The predicted molar refractivity (Wildman–Crippen MR) is 145 cm³/mol. The number of pyridine rings is 1. The molecular formula is C29H28N2O4S. The molecule has 5 rings (SSSR count). The molecule has 2 heterocycles. The number of aryl methyl sites for hydroxylation is 3. The summed E-state index contributed by atoms with van der Waals surface area (Å²) in [4.78, 5) is 32.1. The second-order valence-electron chi connectivity index (χ2n) is 9.06. The van der Waals surface area contributed by atoms with Crippen LogP contribution in [-0.2, 0) is 17.6 Å². The molecule has 0 saturated carbocycles. The number of ether oxygens (including phenoxy) is 1. The Bertz CT molecular complexity index is 1580. The SMILES string of the molecule is CCOC(=O)c1c(/N=C/c2c(O)n(-c3ccc(C)c(C)c3)c(=O)c3ccccc23)sc2c1CCCC2. The van der Waals surface area contributed by atoms with Crippen molar-refractivity contribution >= 4 is 39.3 Å². The zero-order valence-corrected chi connectivity index (χ0v) is 21.4. The summed E-state index contributed by atoms with van der Waals surface area (Å²) in [6.45, 7) is 6.06. The second kappa shape index (κ2) is 9.74. The van der Waals surface area contributed by atoms with Crippen LogP contribution in [-0.4, -0.2) is 28.5 Å². The van der Waals surface area contributed by atoms with Gasteiger partial charge in [-0.1, -0.05) is 24.3 Å². The lowest BCUT2D eigenvalue weighted by Gasteiger charge is -2.15. The van der Waals surface area contributed by atoms with Crippen LogP contribution in [0, 0.1) is 13.8 Å². The van der Waals surface area contributed by atoms with Crippen LogP contribution >= 0.6 is 11.3 Å². The van der Waals surface area contributed by atoms with Gasteiger partial charge in [-0.05, 0) is 81.3 Å². The summed E-state index contributed by atoms with van der Waals surface area (Å²) in [7, 11) is 0. The molecule has 0 bridgehead atoms. The molecule has 0 spiro atoms. The van der Waals surface area contributed by atoms with Gasteiger partial charge in [-0.3, -0.25) is 4.79 Å². The van der Waals surface area contributed by atoms with Crippen LogP contribution in [0.5, 0.6) is 5.88 Å². The van der Waals surface area contributed by atoms with Crippen LogP contribution in [0.3, 0.4) is 0 Å². The third-order valence-corrected chi connectivity index (χ3v) is 8.00. The van der Waals surface area contributed by atoms with E-state index in [1.807, 2.05) is 38.1 Å². The minimum Gasteiger partial charge on any atom is -0.494 e. The number of fused-ring (bicyclic) bond motifs is 2. The average Bonchev–Trinajstić information content (AvgIpc) is 3.25. The molecular weight excluding hydrogens is 472 g/mol. The Kier molecular flexibility index (Phi) is 6.49. The van der Waals surface area contributed by atoms with Gasteiger partial charge >= 0.3 is 5.97 Å². The summed E-state index contributed by atoms with van der Waals surface area (Å²) in [6.07, 6.45) is 5.45. The number of carbonyl (C=O) groups is 1. The number of aliphatic imine (C=N–C) groups is 1. The molecule has 36 heavy (non-hydrogen) atoms. The number of carbonyl (C=O) groups excluding carboxylic acids is 1. The number of esters is 1. The summed E-state index contributed by atoms with van der Waals surface area (Å²) in [5, 5.41) is 13.0. The van der Waals surface area contributed by atoms with E-state index in [-0.39, 0.29) is 17.4 Å². The number of benzene rings is 2. The minimum atomic E-state index is -0.363. The fraction of sp³-hybridized carbons (Fsp3) is 0.276. The van der Waals surface area contributed by atoms with E-state index in [2.05, 4.69) is 0 Å². The average molecular weight is 501 g/mol. The Balaban J connectivity index is 1.71. The van der Waals surface area contributed by atoms with Crippen LogP contribution in [0.25, 0.3) is 16.5 Å². The molecule has 0 amide bonds. The third kappa shape index (κ3) is 4.13. The largest absolute Gasteiger partial charge is 0.494 e. The Labute approximate surface area is 213 Å². The summed E-state index contributed by atoms with van der Waals surface area (Å²) >= 11 is 1.51. The van der Waals surface area contributed by atoms with Gasteiger partial charge in [-0.2, -0.15) is 0 Å². The van der Waals surface area contributed by atoms with Gasteiger partial charge in [0.05, 0.1) is 23.4 Å². The molecule has 6 nitrogen and oxygen atoms in total. The normalized spacial score (nSPS) is 13.3. The van der Waals surface area contributed by atoms with Gasteiger partial charge in [0.25, 0.3) is 5.56 Å². The summed E-state index contributed by atoms with van der Waals surface area (Å²) in [6, 6.07) is 12.8. The number of rotatable bonds is 5. The fourth-order valence-corrected chi connectivity index (χ4v) is 5.99.